The lowest BCUT2D eigenvalue weighted by Crippen LogP contribution is -2.14. The molecule has 0 aromatic heterocycles. The zero-order valence-corrected chi connectivity index (χ0v) is 14.1. The molecule has 2 N–H and O–H groups in total. The van der Waals surface area contributed by atoms with Crippen molar-refractivity contribution in [2.45, 2.75) is 4.90 Å². The quantitative estimate of drug-likeness (QED) is 0.836. The predicted molar refractivity (Wildman–Crippen MR) is 87.1 cm³/mol. The Morgan fingerprint density at radius 3 is 1.91 bits per heavy atom. The summed E-state index contributed by atoms with van der Waals surface area (Å²) in [6.07, 6.45) is 1.00. The summed E-state index contributed by atoms with van der Waals surface area (Å²) in [6.45, 7) is 0. The Morgan fingerprint density at radius 2 is 1.43 bits per heavy atom. The second-order valence-electron chi connectivity index (χ2n) is 4.63. The molecule has 0 heterocycles. The molecular formula is C13H12ClFN2O4S2. The van der Waals surface area contributed by atoms with Gasteiger partial charge in [-0.3, -0.25) is 9.44 Å². The van der Waals surface area contributed by atoms with E-state index in [0.29, 0.717) is 0 Å². The van der Waals surface area contributed by atoms with Gasteiger partial charge in [0.2, 0.25) is 10.0 Å². The lowest BCUT2D eigenvalue weighted by molar-refractivity contribution is 0.599. The van der Waals surface area contributed by atoms with Gasteiger partial charge in [0.05, 0.1) is 11.3 Å². The Labute approximate surface area is 138 Å². The fourth-order valence-electron chi connectivity index (χ4n) is 1.72. The van der Waals surface area contributed by atoms with Crippen molar-refractivity contribution in [1.82, 2.24) is 0 Å². The standard InChI is InChI=1S/C13H12ClFN2O4S2/c1-22(18,19)16-10-3-5-11(6-4-10)17-23(20,21)13-7-2-9(15)8-12(13)14/h2-8,16-17H,1H3. The van der Waals surface area contributed by atoms with E-state index in [0.717, 1.165) is 24.5 Å². The summed E-state index contributed by atoms with van der Waals surface area (Å²) in [7, 11) is -7.42. The first-order chi connectivity index (χ1) is 10.6. The topological polar surface area (TPSA) is 92.3 Å². The molecule has 0 atom stereocenters. The highest BCUT2D eigenvalue weighted by molar-refractivity contribution is 7.93. The first-order valence-electron chi connectivity index (χ1n) is 6.12. The molecule has 2 rings (SSSR count). The van der Waals surface area contributed by atoms with E-state index in [9.17, 15) is 21.2 Å². The van der Waals surface area contributed by atoms with E-state index in [-0.39, 0.29) is 21.3 Å². The van der Waals surface area contributed by atoms with Gasteiger partial charge in [0.1, 0.15) is 10.7 Å². The van der Waals surface area contributed by atoms with Crippen LogP contribution in [0, 0.1) is 5.82 Å². The lowest BCUT2D eigenvalue weighted by atomic mass is 10.3. The number of hydrogen-bond donors (Lipinski definition) is 2. The van der Waals surface area contributed by atoms with Crippen molar-refractivity contribution < 1.29 is 21.2 Å². The zero-order chi connectivity index (χ0) is 17.3. The Morgan fingerprint density at radius 1 is 0.913 bits per heavy atom. The third-order valence-electron chi connectivity index (χ3n) is 2.62. The molecule has 0 aliphatic rings. The van der Waals surface area contributed by atoms with E-state index in [4.69, 9.17) is 11.6 Å². The zero-order valence-electron chi connectivity index (χ0n) is 11.7. The third kappa shape index (κ3) is 4.81. The molecule has 124 valence electrons. The first kappa shape index (κ1) is 17.5. The number of nitrogens with one attached hydrogen (secondary N) is 2. The van der Waals surface area contributed by atoms with Crippen LogP contribution in [0.25, 0.3) is 0 Å². The number of benzene rings is 2. The van der Waals surface area contributed by atoms with Crippen molar-refractivity contribution in [3.63, 3.8) is 0 Å². The third-order valence-corrected chi connectivity index (χ3v) is 5.09. The normalized spacial score (nSPS) is 12.0. The van der Waals surface area contributed by atoms with E-state index >= 15 is 0 Å². The van der Waals surface area contributed by atoms with Gasteiger partial charge in [0, 0.05) is 11.4 Å². The van der Waals surface area contributed by atoms with Gasteiger partial charge in [0.25, 0.3) is 10.0 Å². The molecule has 0 saturated heterocycles. The van der Waals surface area contributed by atoms with Crippen molar-refractivity contribution in [2.75, 3.05) is 15.7 Å². The highest BCUT2D eigenvalue weighted by Gasteiger charge is 2.18. The molecule has 0 aliphatic carbocycles. The molecule has 0 unspecified atom stereocenters. The summed E-state index contributed by atoms with van der Waals surface area (Å²) in [5.41, 5.74) is 0.486. The highest BCUT2D eigenvalue weighted by atomic mass is 35.5. The number of sulfonamides is 2. The van der Waals surface area contributed by atoms with Crippen LogP contribution in [0.3, 0.4) is 0 Å². The van der Waals surface area contributed by atoms with Crippen LogP contribution in [0.4, 0.5) is 15.8 Å². The molecule has 0 radical (unpaired) electrons. The minimum Gasteiger partial charge on any atom is -0.284 e. The molecule has 0 bridgehead atoms. The van der Waals surface area contributed by atoms with Gasteiger partial charge in [-0.25, -0.2) is 21.2 Å². The van der Waals surface area contributed by atoms with Crippen LogP contribution in [-0.4, -0.2) is 23.1 Å². The van der Waals surface area contributed by atoms with Crippen molar-refractivity contribution >= 4 is 43.0 Å². The summed E-state index contributed by atoms with van der Waals surface area (Å²) < 4.78 is 64.1. The fraction of sp³-hybridized carbons (Fsp3) is 0.0769. The maximum absolute atomic E-state index is 13.0. The van der Waals surface area contributed by atoms with Gasteiger partial charge in [-0.15, -0.1) is 0 Å². The molecule has 0 spiro atoms. The van der Waals surface area contributed by atoms with E-state index in [1.807, 2.05) is 0 Å². The second kappa shape index (κ2) is 6.34. The van der Waals surface area contributed by atoms with Crippen molar-refractivity contribution in [2.24, 2.45) is 0 Å². The molecule has 0 fully saturated rings. The average molecular weight is 379 g/mol. The summed E-state index contributed by atoms with van der Waals surface area (Å²) in [4.78, 5) is -0.265. The number of halogens is 2. The molecule has 0 amide bonds. The van der Waals surface area contributed by atoms with Gasteiger partial charge >= 0.3 is 0 Å². The minimum atomic E-state index is -4.00. The Bertz CT molecular complexity index is 929. The Balaban J connectivity index is 2.24. The SMILES string of the molecule is CS(=O)(=O)Nc1ccc(NS(=O)(=O)c2ccc(F)cc2Cl)cc1. The lowest BCUT2D eigenvalue weighted by Gasteiger charge is -2.10. The predicted octanol–water partition coefficient (Wildman–Crippen LogP) is 2.65. The van der Waals surface area contributed by atoms with Gasteiger partial charge in [0.15, 0.2) is 0 Å². The smallest absolute Gasteiger partial charge is 0.263 e. The molecule has 23 heavy (non-hydrogen) atoms. The van der Waals surface area contributed by atoms with Crippen LogP contribution in [0.5, 0.6) is 0 Å². The van der Waals surface area contributed by atoms with E-state index < -0.39 is 25.9 Å². The van der Waals surface area contributed by atoms with Gasteiger partial charge < -0.3 is 0 Å². The van der Waals surface area contributed by atoms with E-state index in [1.54, 1.807) is 0 Å². The van der Waals surface area contributed by atoms with Crippen molar-refractivity contribution in [3.8, 4) is 0 Å². The molecule has 10 heteroatoms. The number of rotatable bonds is 5. The van der Waals surface area contributed by atoms with Gasteiger partial charge in [-0.05, 0) is 42.5 Å². The fourth-order valence-corrected chi connectivity index (χ4v) is 3.88. The van der Waals surface area contributed by atoms with E-state index in [2.05, 4.69) is 9.44 Å². The summed E-state index contributed by atoms with van der Waals surface area (Å²) in [6, 6.07) is 8.48. The van der Waals surface area contributed by atoms with Crippen LogP contribution in [0.1, 0.15) is 0 Å². The Kier molecular flexibility index (Phi) is 4.83. The molecular weight excluding hydrogens is 367 g/mol. The summed E-state index contributed by atoms with van der Waals surface area (Å²) in [5.74, 6) is -0.648. The minimum absolute atomic E-state index is 0.199. The van der Waals surface area contributed by atoms with Crippen molar-refractivity contribution in [1.29, 1.82) is 0 Å². The van der Waals surface area contributed by atoms with Crippen LogP contribution in [0.15, 0.2) is 47.4 Å². The van der Waals surface area contributed by atoms with Gasteiger partial charge in [-0.2, -0.15) is 0 Å². The van der Waals surface area contributed by atoms with Crippen molar-refractivity contribution in [3.05, 3.63) is 53.3 Å². The molecule has 2 aromatic carbocycles. The van der Waals surface area contributed by atoms with Crippen LogP contribution >= 0.6 is 11.6 Å². The molecule has 2 aromatic rings. The second-order valence-corrected chi connectivity index (χ2v) is 8.44. The van der Waals surface area contributed by atoms with Crippen LogP contribution in [-0.2, 0) is 20.0 Å². The number of hydrogen-bond acceptors (Lipinski definition) is 4. The molecule has 6 nitrogen and oxygen atoms in total. The maximum Gasteiger partial charge on any atom is 0.263 e. The summed E-state index contributed by atoms with van der Waals surface area (Å²) in [5, 5.41) is -0.243. The van der Waals surface area contributed by atoms with Crippen LogP contribution < -0.4 is 9.44 Å². The largest absolute Gasteiger partial charge is 0.284 e. The summed E-state index contributed by atoms with van der Waals surface area (Å²) >= 11 is 5.74. The van der Waals surface area contributed by atoms with Gasteiger partial charge in [-0.1, -0.05) is 11.6 Å². The maximum atomic E-state index is 13.0. The van der Waals surface area contributed by atoms with Crippen LogP contribution in [0.2, 0.25) is 5.02 Å². The molecule has 0 aliphatic heterocycles. The first-order valence-corrected chi connectivity index (χ1v) is 9.88. The monoisotopic (exact) mass is 378 g/mol. The average Bonchev–Trinajstić information content (AvgIpc) is 2.38. The van der Waals surface area contributed by atoms with E-state index in [1.165, 1.54) is 24.3 Å². The molecule has 0 saturated carbocycles. The highest BCUT2D eigenvalue weighted by Crippen LogP contribution is 2.25. The Hall–Kier alpha value is -1.84. The number of anilines is 2.